The summed E-state index contributed by atoms with van der Waals surface area (Å²) in [5.74, 6) is 0.545. The van der Waals surface area contributed by atoms with Crippen LogP contribution in [-0.2, 0) is 0 Å². The second kappa shape index (κ2) is 10.8. The number of nitrogens with one attached hydrogen (secondary N) is 1. The van der Waals surface area contributed by atoms with Gasteiger partial charge in [-0.1, -0.05) is 26.0 Å². The molecule has 0 radical (unpaired) electrons. The smallest absolute Gasteiger partial charge is 0.314 e. The van der Waals surface area contributed by atoms with E-state index in [1.165, 1.54) is 0 Å². The molecule has 0 spiro atoms. The zero-order chi connectivity index (χ0) is 16.2. The highest BCUT2D eigenvalue weighted by Gasteiger charge is 2.29. The number of hydrogen-bond acceptors (Lipinski definition) is 3. The molecule has 0 unspecified atom stereocenters. The Morgan fingerprint density at radius 2 is 1.62 bits per heavy atom. The van der Waals surface area contributed by atoms with Crippen molar-refractivity contribution in [1.29, 1.82) is 0 Å². The maximum Gasteiger partial charge on any atom is 0.446 e. The molecule has 140 valence electrons. The van der Waals surface area contributed by atoms with Crippen molar-refractivity contribution < 1.29 is 13.2 Å². The third-order valence-corrected chi connectivity index (χ3v) is 4.52. The van der Waals surface area contributed by atoms with Crippen LogP contribution in [0.15, 0.2) is 29.2 Å². The van der Waals surface area contributed by atoms with Crippen LogP contribution in [0.1, 0.15) is 31.9 Å². The van der Waals surface area contributed by atoms with Crippen LogP contribution < -0.4 is 5.32 Å². The lowest BCUT2D eigenvalue weighted by Crippen LogP contribution is -2.45. The average Bonchev–Trinajstić information content (AvgIpc) is 2.45. The predicted molar refractivity (Wildman–Crippen MR) is 99.5 cm³/mol. The van der Waals surface area contributed by atoms with Crippen LogP contribution >= 0.6 is 36.6 Å². The van der Waals surface area contributed by atoms with E-state index < -0.39 is 5.51 Å². The van der Waals surface area contributed by atoms with Gasteiger partial charge in [-0.15, -0.1) is 24.8 Å². The summed E-state index contributed by atoms with van der Waals surface area (Å²) >= 11 is -0.0530. The highest BCUT2D eigenvalue weighted by Crippen LogP contribution is 2.37. The third kappa shape index (κ3) is 7.83. The van der Waals surface area contributed by atoms with Gasteiger partial charge in [0.1, 0.15) is 0 Å². The van der Waals surface area contributed by atoms with E-state index in [1.807, 2.05) is 12.1 Å². The molecule has 24 heavy (non-hydrogen) atoms. The van der Waals surface area contributed by atoms with Gasteiger partial charge in [-0.25, -0.2) is 0 Å². The monoisotopic (exact) mass is 404 g/mol. The van der Waals surface area contributed by atoms with E-state index in [0.29, 0.717) is 5.92 Å². The summed E-state index contributed by atoms with van der Waals surface area (Å²) in [6, 6.07) is 7.16. The molecule has 1 aromatic carbocycles. The summed E-state index contributed by atoms with van der Waals surface area (Å²) in [4.78, 5) is 2.68. The Morgan fingerprint density at radius 1 is 1.08 bits per heavy atom. The van der Waals surface area contributed by atoms with Gasteiger partial charge >= 0.3 is 5.51 Å². The van der Waals surface area contributed by atoms with E-state index in [1.54, 1.807) is 12.1 Å². The standard InChI is InChI=1S/C16H23F3N2S.2ClH/c1-12(2)11-15(21-9-7-20-8-10-21)13-3-5-14(6-4-13)22-16(17,18)19;;/h3-6,12,15,20H,7-11H2,1-2H3;2*1H/t15-;;/m0../s1. The molecule has 2 rings (SSSR count). The lowest BCUT2D eigenvalue weighted by molar-refractivity contribution is -0.0328. The summed E-state index contributed by atoms with van der Waals surface area (Å²) in [5, 5.41) is 3.34. The highest BCUT2D eigenvalue weighted by molar-refractivity contribution is 8.00. The first-order valence-corrected chi connectivity index (χ1v) is 8.47. The van der Waals surface area contributed by atoms with Gasteiger partial charge in [0.25, 0.3) is 0 Å². The fraction of sp³-hybridized carbons (Fsp3) is 0.625. The van der Waals surface area contributed by atoms with Gasteiger partial charge in [0.2, 0.25) is 0 Å². The maximum atomic E-state index is 12.4. The predicted octanol–water partition coefficient (Wildman–Crippen LogP) is 5.13. The molecule has 0 bridgehead atoms. The van der Waals surface area contributed by atoms with Gasteiger partial charge in [0, 0.05) is 37.1 Å². The van der Waals surface area contributed by atoms with E-state index in [-0.39, 0.29) is 47.5 Å². The largest absolute Gasteiger partial charge is 0.446 e. The molecule has 1 aliphatic heterocycles. The number of hydrogen-bond donors (Lipinski definition) is 1. The first kappa shape index (κ1) is 23.9. The Hall–Kier alpha value is -0.140. The van der Waals surface area contributed by atoms with E-state index in [0.717, 1.165) is 38.2 Å². The molecular formula is C16H25Cl2F3N2S. The summed E-state index contributed by atoms with van der Waals surface area (Å²) in [6.07, 6.45) is 1.02. The molecule has 0 saturated carbocycles. The fourth-order valence-corrected chi connectivity index (χ4v) is 3.37. The summed E-state index contributed by atoms with van der Waals surface area (Å²) in [5.41, 5.74) is -3.11. The molecule has 0 aromatic heterocycles. The topological polar surface area (TPSA) is 15.3 Å². The van der Waals surface area contributed by atoms with Crippen LogP contribution in [0, 0.1) is 5.92 Å². The van der Waals surface area contributed by atoms with Crippen LogP contribution in [0.4, 0.5) is 13.2 Å². The zero-order valence-corrected chi connectivity index (χ0v) is 16.3. The second-order valence-corrected chi connectivity index (χ2v) is 7.19. The van der Waals surface area contributed by atoms with Crippen LogP contribution in [0.3, 0.4) is 0 Å². The Labute approximate surface area is 158 Å². The molecule has 0 amide bonds. The molecule has 1 aromatic rings. The number of halogens is 5. The Morgan fingerprint density at radius 3 is 2.08 bits per heavy atom. The SMILES string of the molecule is CC(C)C[C@@H](c1ccc(SC(F)(F)F)cc1)N1CCNCC1.Cl.Cl. The number of rotatable bonds is 5. The van der Waals surface area contributed by atoms with Crippen molar-refractivity contribution >= 4 is 36.6 Å². The number of benzene rings is 1. The van der Waals surface area contributed by atoms with Gasteiger partial charge in [0.05, 0.1) is 0 Å². The quantitative estimate of drug-likeness (QED) is 0.684. The van der Waals surface area contributed by atoms with Crippen molar-refractivity contribution in [2.45, 2.75) is 36.7 Å². The zero-order valence-electron chi connectivity index (χ0n) is 13.8. The average molecular weight is 405 g/mol. The highest BCUT2D eigenvalue weighted by atomic mass is 35.5. The lowest BCUT2D eigenvalue weighted by atomic mass is 9.95. The van der Waals surface area contributed by atoms with Crippen molar-refractivity contribution in [2.24, 2.45) is 5.92 Å². The second-order valence-electron chi connectivity index (χ2n) is 6.05. The molecule has 0 aliphatic carbocycles. The van der Waals surface area contributed by atoms with E-state index in [9.17, 15) is 13.2 Å². The normalized spacial score (nSPS) is 17.1. The van der Waals surface area contributed by atoms with Crippen LogP contribution in [0.5, 0.6) is 0 Å². The molecule has 1 fully saturated rings. The number of alkyl halides is 3. The fourth-order valence-electron chi connectivity index (χ4n) is 2.83. The van der Waals surface area contributed by atoms with Gasteiger partial charge < -0.3 is 5.32 Å². The summed E-state index contributed by atoms with van der Waals surface area (Å²) < 4.78 is 37.2. The van der Waals surface area contributed by atoms with Crippen molar-refractivity contribution in [3.8, 4) is 0 Å². The van der Waals surface area contributed by atoms with Crippen molar-refractivity contribution in [3.63, 3.8) is 0 Å². The Bertz CT molecular complexity index is 463. The minimum atomic E-state index is -4.22. The summed E-state index contributed by atoms with van der Waals surface area (Å²) in [7, 11) is 0. The number of nitrogens with zero attached hydrogens (tertiary/aromatic N) is 1. The maximum absolute atomic E-state index is 12.4. The summed E-state index contributed by atoms with van der Waals surface area (Å²) in [6.45, 7) is 8.27. The number of piperazine rings is 1. The van der Waals surface area contributed by atoms with Crippen LogP contribution in [0.2, 0.25) is 0 Å². The van der Waals surface area contributed by atoms with Gasteiger partial charge in [-0.3, -0.25) is 4.90 Å². The molecule has 1 atom stereocenters. The van der Waals surface area contributed by atoms with Gasteiger partial charge in [-0.05, 0) is 41.8 Å². The molecule has 8 heteroatoms. The first-order chi connectivity index (χ1) is 10.3. The lowest BCUT2D eigenvalue weighted by Gasteiger charge is -2.36. The number of thioether (sulfide) groups is 1. The Kier molecular flexibility index (Phi) is 10.7. The van der Waals surface area contributed by atoms with E-state index in [4.69, 9.17) is 0 Å². The molecule has 1 saturated heterocycles. The molecule has 1 aliphatic rings. The first-order valence-electron chi connectivity index (χ1n) is 7.65. The third-order valence-electron chi connectivity index (χ3n) is 3.79. The van der Waals surface area contributed by atoms with Crippen LogP contribution in [0.25, 0.3) is 0 Å². The van der Waals surface area contributed by atoms with Gasteiger partial charge in [-0.2, -0.15) is 13.2 Å². The minimum absolute atomic E-state index is 0. The van der Waals surface area contributed by atoms with Crippen LogP contribution in [-0.4, -0.2) is 36.6 Å². The van der Waals surface area contributed by atoms with Crippen molar-refractivity contribution in [2.75, 3.05) is 26.2 Å². The van der Waals surface area contributed by atoms with Crippen molar-refractivity contribution in [1.82, 2.24) is 10.2 Å². The van der Waals surface area contributed by atoms with E-state index in [2.05, 4.69) is 24.1 Å². The van der Waals surface area contributed by atoms with E-state index >= 15 is 0 Å². The molecular weight excluding hydrogens is 380 g/mol. The molecule has 2 nitrogen and oxygen atoms in total. The van der Waals surface area contributed by atoms with Gasteiger partial charge in [0.15, 0.2) is 0 Å². The molecule has 1 N–H and O–H groups in total. The molecule has 1 heterocycles. The van der Waals surface area contributed by atoms with Crippen molar-refractivity contribution in [3.05, 3.63) is 29.8 Å². The Balaban J connectivity index is 0.00000264. The minimum Gasteiger partial charge on any atom is -0.314 e.